The Hall–Kier alpha value is -14.1. The summed E-state index contributed by atoms with van der Waals surface area (Å²) in [5, 5.41) is 4.57. The van der Waals surface area contributed by atoms with E-state index in [1.54, 1.807) is 0 Å². The van der Waals surface area contributed by atoms with Crippen molar-refractivity contribution in [1.82, 2.24) is 39.0 Å². The highest BCUT2D eigenvalue weighted by Crippen LogP contribution is 2.46. The summed E-state index contributed by atoms with van der Waals surface area (Å²) < 4.78 is 4.95. The summed E-state index contributed by atoms with van der Waals surface area (Å²) in [4.78, 5) is 31.8. The minimum Gasteiger partial charge on any atom is -0.309 e. The smallest absolute Gasteiger partial charge is 0.164 e. The van der Waals surface area contributed by atoms with E-state index in [1.807, 2.05) is 72.8 Å². The predicted molar refractivity (Wildman–Crippen MR) is 465 cm³/mol. The van der Waals surface area contributed by atoms with Crippen LogP contribution in [0.5, 0.6) is 0 Å². The van der Waals surface area contributed by atoms with E-state index in [2.05, 4.69) is 319 Å². The molecule has 19 rings (SSSR count). The average molecular weight is 1440 g/mol. The predicted octanol–water partition coefficient (Wildman–Crippen LogP) is 26.7. The summed E-state index contributed by atoms with van der Waals surface area (Å²) >= 11 is 0. The van der Waals surface area contributed by atoms with Crippen molar-refractivity contribution in [2.75, 3.05) is 0 Å². The van der Waals surface area contributed by atoms with Gasteiger partial charge in [-0.15, -0.1) is 0 Å². The van der Waals surface area contributed by atoms with Crippen molar-refractivity contribution in [3.05, 3.63) is 372 Å². The van der Waals surface area contributed by atoms with Crippen LogP contribution in [0.15, 0.2) is 328 Å². The molecule has 19 aromatic rings. The molecule has 0 unspecified atom stereocenters. The Balaban J connectivity index is 0.872. The molecule has 112 heavy (non-hydrogen) atoms. The lowest BCUT2D eigenvalue weighted by molar-refractivity contribution is 1.07. The van der Waals surface area contributed by atoms with Crippen molar-refractivity contribution in [2.45, 2.75) is 55.4 Å². The molecule has 0 radical (unpaired) electrons. The van der Waals surface area contributed by atoms with Crippen LogP contribution in [0.25, 0.3) is 190 Å². The fourth-order valence-electron chi connectivity index (χ4n) is 16.7. The Labute approximate surface area is 652 Å². The molecule has 0 aliphatic carbocycles. The van der Waals surface area contributed by atoms with Crippen LogP contribution < -0.4 is 0 Å². The van der Waals surface area contributed by atoms with Gasteiger partial charge in [0.15, 0.2) is 34.9 Å². The fraction of sp³-hybridized carbons (Fsp3) is 0.0769. The van der Waals surface area contributed by atoms with Crippen LogP contribution in [0.1, 0.15) is 44.5 Å². The summed E-state index contributed by atoms with van der Waals surface area (Å²) in [5.41, 5.74) is 34.9. The summed E-state index contributed by atoms with van der Waals surface area (Å²) in [5.74, 6) is 3.49. The lowest BCUT2D eigenvalue weighted by atomic mass is 9.94. The largest absolute Gasteiger partial charge is 0.309 e. The third kappa shape index (κ3) is 12.6. The van der Waals surface area contributed by atoms with Gasteiger partial charge in [-0.05, 0) is 200 Å². The SMILES string of the molecule is Cc1ccc(-c2ccc3c(c2)c2cc(-c4ccc(C)cc4C)ccc2n3-c2cc(-c3nc(-c4ccccc4)nc(-c4ccccc4)n3)ccc2-c2cccc(-c3ccc(-c4nc(-c5ccccc5)nc(-c5ccccc5)n4)cc3-n3c4ccc(-c5ccc(C)cc5C)cc4c4cc(-c5ccc(C)cc5C)ccc43)c2)c(C)c1. The monoisotopic (exact) mass is 1440 g/mol. The Kier molecular flexibility index (Phi) is 17.2. The van der Waals surface area contributed by atoms with E-state index in [0.717, 1.165) is 133 Å². The van der Waals surface area contributed by atoms with Crippen LogP contribution in [0.3, 0.4) is 0 Å². The number of aryl methyl sites for hydroxylation is 8. The molecule has 4 heterocycles. The molecule has 8 heteroatoms. The van der Waals surface area contributed by atoms with Crippen molar-refractivity contribution >= 4 is 43.6 Å². The first-order valence-corrected chi connectivity index (χ1v) is 38.4. The van der Waals surface area contributed by atoms with E-state index < -0.39 is 0 Å². The molecule has 0 bridgehead atoms. The van der Waals surface area contributed by atoms with Gasteiger partial charge in [-0.3, -0.25) is 0 Å². The molecule has 0 amide bonds. The molecule has 15 aromatic carbocycles. The Morgan fingerprint density at radius 2 is 0.393 bits per heavy atom. The van der Waals surface area contributed by atoms with Gasteiger partial charge in [-0.2, -0.15) is 0 Å². The first-order chi connectivity index (χ1) is 54.7. The van der Waals surface area contributed by atoms with Crippen LogP contribution in [-0.2, 0) is 0 Å². The quantitative estimate of drug-likeness (QED) is 0.108. The fourth-order valence-corrected chi connectivity index (χ4v) is 16.7. The Bertz CT molecular complexity index is 6210. The first-order valence-electron chi connectivity index (χ1n) is 38.4. The Morgan fingerprint density at radius 3 is 0.652 bits per heavy atom. The highest BCUT2D eigenvalue weighted by atomic mass is 15.1. The highest BCUT2D eigenvalue weighted by Gasteiger charge is 2.25. The number of fused-ring (bicyclic) bond motifs is 6. The van der Waals surface area contributed by atoms with E-state index in [-0.39, 0.29) is 0 Å². The normalized spacial score (nSPS) is 11.6. The number of hydrogen-bond donors (Lipinski definition) is 0. The van der Waals surface area contributed by atoms with Crippen molar-refractivity contribution < 1.29 is 0 Å². The second kappa shape index (κ2) is 28.2. The van der Waals surface area contributed by atoms with Gasteiger partial charge in [0.25, 0.3) is 0 Å². The van der Waals surface area contributed by atoms with Crippen molar-refractivity contribution in [2.24, 2.45) is 0 Å². The number of hydrogen-bond acceptors (Lipinski definition) is 6. The van der Waals surface area contributed by atoms with Crippen LogP contribution in [0.4, 0.5) is 0 Å². The molecule has 0 saturated carbocycles. The van der Waals surface area contributed by atoms with E-state index >= 15 is 0 Å². The topological polar surface area (TPSA) is 87.2 Å². The maximum absolute atomic E-state index is 5.38. The van der Waals surface area contributed by atoms with Crippen LogP contribution in [0.2, 0.25) is 0 Å². The second-order valence-electron chi connectivity index (χ2n) is 30.0. The second-order valence-corrected chi connectivity index (χ2v) is 30.0. The van der Waals surface area contributed by atoms with E-state index in [0.29, 0.717) is 34.9 Å². The van der Waals surface area contributed by atoms with Gasteiger partial charge in [-0.1, -0.05) is 283 Å². The van der Waals surface area contributed by atoms with Crippen LogP contribution >= 0.6 is 0 Å². The molecule has 0 aliphatic heterocycles. The molecule has 0 aliphatic rings. The molecule has 8 nitrogen and oxygen atoms in total. The summed E-state index contributed by atoms with van der Waals surface area (Å²) in [6, 6.07) is 119. The Morgan fingerprint density at radius 1 is 0.170 bits per heavy atom. The molecular weight excluding hydrogens is 1360 g/mol. The first kappa shape index (κ1) is 68.5. The minimum atomic E-state index is 0.562. The van der Waals surface area contributed by atoms with Gasteiger partial charge in [0.2, 0.25) is 0 Å². The average Bonchev–Trinajstić information content (AvgIpc) is 1.57. The van der Waals surface area contributed by atoms with Gasteiger partial charge >= 0.3 is 0 Å². The molecule has 0 saturated heterocycles. The zero-order valence-electron chi connectivity index (χ0n) is 63.8. The number of nitrogens with zero attached hydrogens (tertiary/aromatic N) is 8. The van der Waals surface area contributed by atoms with Crippen molar-refractivity contribution in [3.63, 3.8) is 0 Å². The zero-order valence-corrected chi connectivity index (χ0v) is 63.8. The van der Waals surface area contributed by atoms with Crippen molar-refractivity contribution in [3.8, 4) is 146 Å². The maximum atomic E-state index is 5.38. The van der Waals surface area contributed by atoms with Crippen molar-refractivity contribution in [1.29, 1.82) is 0 Å². The molecule has 0 spiro atoms. The highest BCUT2D eigenvalue weighted by molar-refractivity contribution is 6.14. The molecule has 0 N–H and O–H groups in total. The number of rotatable bonds is 14. The van der Waals surface area contributed by atoms with Gasteiger partial charge < -0.3 is 9.13 Å². The third-order valence-electron chi connectivity index (χ3n) is 22.2. The van der Waals surface area contributed by atoms with Gasteiger partial charge in [0.05, 0.1) is 33.4 Å². The summed E-state index contributed by atoms with van der Waals surface area (Å²) in [6.45, 7) is 17.5. The van der Waals surface area contributed by atoms with E-state index in [4.69, 9.17) is 29.9 Å². The molecule has 0 fully saturated rings. The van der Waals surface area contributed by atoms with Gasteiger partial charge in [0.1, 0.15) is 0 Å². The molecule has 534 valence electrons. The lowest BCUT2D eigenvalue weighted by Crippen LogP contribution is -2.03. The minimum absolute atomic E-state index is 0.562. The molecular formula is C104H78N8. The van der Waals surface area contributed by atoms with Crippen LogP contribution in [-0.4, -0.2) is 39.0 Å². The zero-order chi connectivity index (χ0) is 75.8. The standard InChI is InChI=1S/C104H78N8/c1-63-32-42-83(67(5)52-63)77-38-48-93-89(57-77)90-58-78(84-43-33-64(2)53-68(84)6)39-49-94(90)111(93)97-61-81(103-107-99(71-22-13-9-14-23-71)105-100(108-103)72-24-15-10-16-25-72)36-46-87(97)75-30-21-31-76(56-75)88-47-37-82(104-109-101(73-26-17-11-18-27-73)106-102(110-104)74-28-19-12-20-29-74)62-98(88)112-95-50-40-79(85-44-34-65(3)54-69(85)7)59-91(95)92-60-80(41-51-96(92)112)86-45-35-66(4)55-70(86)8/h9-62H,1-8H3. The maximum Gasteiger partial charge on any atom is 0.164 e. The van der Waals surface area contributed by atoms with E-state index in [1.165, 1.54) is 66.8 Å². The van der Waals surface area contributed by atoms with Gasteiger partial charge in [-0.25, -0.2) is 29.9 Å². The van der Waals surface area contributed by atoms with E-state index in [9.17, 15) is 0 Å². The summed E-state index contributed by atoms with van der Waals surface area (Å²) in [6.07, 6.45) is 0. The lowest BCUT2D eigenvalue weighted by Gasteiger charge is -2.19. The molecule has 0 atom stereocenters. The molecule has 4 aromatic heterocycles. The number of benzene rings is 15. The van der Waals surface area contributed by atoms with Crippen LogP contribution in [0, 0.1) is 55.4 Å². The van der Waals surface area contributed by atoms with Gasteiger partial charge in [0, 0.05) is 66.1 Å². The number of aromatic nitrogens is 8. The summed E-state index contributed by atoms with van der Waals surface area (Å²) in [7, 11) is 0. The third-order valence-corrected chi connectivity index (χ3v) is 22.2.